The molecule has 0 spiro atoms. The molecule has 0 radical (unpaired) electrons. The van der Waals surface area contributed by atoms with Crippen molar-refractivity contribution in [3.05, 3.63) is 46.4 Å². The van der Waals surface area contributed by atoms with E-state index in [1.807, 2.05) is 0 Å². The summed E-state index contributed by atoms with van der Waals surface area (Å²) in [5.74, 6) is 0. The SMILES string of the molecule is CCC[Si]1([C]2([Ti+2][C]3=CC=CC3)C=CC=C2)CCC1.[Cl-].[Cl-]. The molecule has 4 heteroatoms. The predicted octanol–water partition coefficient (Wildman–Crippen LogP) is -0.993. The molecular weight excluding hydrogens is 339 g/mol. The normalized spacial score (nSPS) is 23.4. The molecule has 0 nitrogen and oxygen atoms in total. The fraction of sp³-hybridized carbons (Fsp3) is 0.500. The quantitative estimate of drug-likeness (QED) is 0.552. The molecule has 0 bridgehead atoms. The maximum atomic E-state index is 2.62. The fourth-order valence-corrected chi connectivity index (χ4v) is 14.5. The van der Waals surface area contributed by atoms with Crippen molar-refractivity contribution in [2.24, 2.45) is 0 Å². The Balaban J connectivity index is 0.000001000. The molecule has 0 aromatic carbocycles. The van der Waals surface area contributed by atoms with E-state index in [1.54, 1.807) is 22.0 Å². The van der Waals surface area contributed by atoms with E-state index in [-0.39, 0.29) is 44.0 Å². The molecule has 2 aliphatic carbocycles. The van der Waals surface area contributed by atoms with Gasteiger partial charge in [-0.25, -0.2) is 0 Å². The third-order valence-electron chi connectivity index (χ3n) is 4.88. The Morgan fingerprint density at radius 3 is 2.30 bits per heavy atom. The van der Waals surface area contributed by atoms with Gasteiger partial charge in [0.15, 0.2) is 0 Å². The van der Waals surface area contributed by atoms with Crippen molar-refractivity contribution in [2.45, 2.75) is 47.7 Å². The van der Waals surface area contributed by atoms with Gasteiger partial charge in [0, 0.05) is 0 Å². The molecule has 0 amide bonds. The van der Waals surface area contributed by atoms with E-state index in [0.717, 1.165) is 0 Å². The Bertz CT molecular complexity index is 435. The monoisotopic (exact) mass is 360 g/mol. The molecular formula is C16H22Cl2SiTi. The molecule has 0 aromatic rings. The Hall–Kier alpha value is 0.471. The minimum Gasteiger partial charge on any atom is -1.00 e. The van der Waals surface area contributed by atoms with Crippen LogP contribution in [-0.4, -0.2) is 8.07 Å². The first-order valence-corrected chi connectivity index (χ1v) is 11.5. The van der Waals surface area contributed by atoms with E-state index < -0.39 is 8.07 Å². The molecule has 3 aliphatic rings. The van der Waals surface area contributed by atoms with E-state index in [4.69, 9.17) is 0 Å². The van der Waals surface area contributed by atoms with Gasteiger partial charge < -0.3 is 24.8 Å². The van der Waals surface area contributed by atoms with Gasteiger partial charge in [-0.15, -0.1) is 0 Å². The molecule has 20 heavy (non-hydrogen) atoms. The minimum absolute atomic E-state index is 0. The summed E-state index contributed by atoms with van der Waals surface area (Å²) in [5, 5.41) is 0. The van der Waals surface area contributed by atoms with Crippen molar-refractivity contribution in [3.8, 4) is 0 Å². The zero-order valence-corrected chi connectivity index (χ0v) is 16.1. The Kier molecular flexibility index (Phi) is 7.08. The number of hydrogen-bond acceptors (Lipinski definition) is 0. The van der Waals surface area contributed by atoms with Crippen LogP contribution in [0.25, 0.3) is 0 Å². The largest absolute Gasteiger partial charge is 1.00 e. The van der Waals surface area contributed by atoms with Crippen molar-refractivity contribution in [1.82, 2.24) is 0 Å². The summed E-state index contributed by atoms with van der Waals surface area (Å²) in [6.07, 6.45) is 21.1. The molecule has 0 N–H and O–H groups in total. The molecule has 0 aromatic heterocycles. The Morgan fingerprint density at radius 1 is 1.15 bits per heavy atom. The molecule has 108 valence electrons. The van der Waals surface area contributed by atoms with Gasteiger partial charge in [0.25, 0.3) is 0 Å². The fourth-order valence-electron chi connectivity index (χ4n) is 3.80. The summed E-state index contributed by atoms with van der Waals surface area (Å²) in [7, 11) is -1.01. The smallest absolute Gasteiger partial charge is 1.00 e. The van der Waals surface area contributed by atoms with Crippen LogP contribution in [0.5, 0.6) is 0 Å². The molecule has 1 fully saturated rings. The van der Waals surface area contributed by atoms with Crippen LogP contribution in [0, 0.1) is 0 Å². The molecule has 0 unspecified atom stereocenters. The standard InChI is InChI=1S/C11H17Si.C5H5.2ClH.Ti/c1-2-8-12(9-5-10-12)11-6-3-4-7-11;1-2-4-5-3-1;;;/h3-4,6-7H,2,5,8-10H2,1H3;1-3H,4H2;2*1H;/q;;;;+2/p-2. The first kappa shape index (κ1) is 18.5. The first-order valence-electron chi connectivity index (χ1n) is 7.31. The molecule has 0 saturated carbocycles. The Morgan fingerprint density at radius 2 is 1.85 bits per heavy atom. The van der Waals surface area contributed by atoms with E-state index in [0.29, 0.717) is 3.34 Å². The second kappa shape index (κ2) is 7.65. The third-order valence-corrected chi connectivity index (χ3v) is 16.3. The summed E-state index contributed by atoms with van der Waals surface area (Å²) in [6.45, 7) is 2.39. The average molecular weight is 361 g/mol. The molecule has 1 aliphatic heterocycles. The molecule has 3 rings (SSSR count). The van der Waals surface area contributed by atoms with Crippen LogP contribution in [0.4, 0.5) is 0 Å². The second-order valence-electron chi connectivity index (χ2n) is 5.92. The number of hydrogen-bond donors (Lipinski definition) is 0. The van der Waals surface area contributed by atoms with Gasteiger partial charge in [-0.05, 0) is 0 Å². The van der Waals surface area contributed by atoms with E-state index in [2.05, 4.69) is 49.5 Å². The van der Waals surface area contributed by atoms with Crippen LogP contribution in [0.1, 0.15) is 26.2 Å². The number of rotatable bonds is 5. The van der Waals surface area contributed by atoms with Gasteiger partial charge in [0.05, 0.1) is 0 Å². The van der Waals surface area contributed by atoms with E-state index in [9.17, 15) is 0 Å². The number of halogens is 2. The number of allylic oxidation sites excluding steroid dienone is 8. The summed E-state index contributed by atoms with van der Waals surface area (Å²) < 4.78 is 2.38. The van der Waals surface area contributed by atoms with Gasteiger partial charge in [0.1, 0.15) is 0 Å². The van der Waals surface area contributed by atoms with Crippen molar-refractivity contribution in [3.63, 3.8) is 0 Å². The average Bonchev–Trinajstić information content (AvgIpc) is 2.96. The van der Waals surface area contributed by atoms with Gasteiger partial charge in [-0.3, -0.25) is 0 Å². The van der Waals surface area contributed by atoms with E-state index >= 15 is 0 Å². The maximum Gasteiger partial charge on any atom is -1.00 e. The van der Waals surface area contributed by atoms with Crippen molar-refractivity contribution in [2.75, 3.05) is 0 Å². The van der Waals surface area contributed by atoms with Crippen molar-refractivity contribution < 1.29 is 44.0 Å². The van der Waals surface area contributed by atoms with Crippen LogP contribution in [0.15, 0.2) is 46.4 Å². The third kappa shape index (κ3) is 3.13. The zero-order valence-electron chi connectivity index (χ0n) is 12.0. The molecule has 1 heterocycles. The Labute approximate surface area is 145 Å². The topological polar surface area (TPSA) is 0 Å². The van der Waals surface area contributed by atoms with Gasteiger partial charge in [-0.2, -0.15) is 0 Å². The van der Waals surface area contributed by atoms with Gasteiger partial charge in [0.2, 0.25) is 0 Å². The second-order valence-corrected chi connectivity index (χ2v) is 14.3. The van der Waals surface area contributed by atoms with Crippen LogP contribution < -0.4 is 24.8 Å². The molecule has 0 atom stereocenters. The molecule has 1 saturated heterocycles. The maximum absolute atomic E-state index is 2.62. The minimum atomic E-state index is -1.01. The van der Waals surface area contributed by atoms with Crippen LogP contribution in [0.3, 0.4) is 0 Å². The zero-order chi connectivity index (χ0) is 12.5. The summed E-state index contributed by atoms with van der Waals surface area (Å²) in [6, 6.07) is 4.76. The van der Waals surface area contributed by atoms with Crippen LogP contribution >= 0.6 is 0 Å². The summed E-state index contributed by atoms with van der Waals surface area (Å²) >= 11 is 0.00437. The van der Waals surface area contributed by atoms with Crippen LogP contribution in [0.2, 0.25) is 21.5 Å². The summed E-state index contributed by atoms with van der Waals surface area (Å²) in [4.78, 5) is 0. The van der Waals surface area contributed by atoms with Crippen LogP contribution in [-0.2, 0) is 19.2 Å². The van der Waals surface area contributed by atoms with Gasteiger partial charge >= 0.3 is 121 Å². The van der Waals surface area contributed by atoms with E-state index in [1.165, 1.54) is 19.3 Å². The first-order chi connectivity index (χ1) is 8.80. The summed E-state index contributed by atoms with van der Waals surface area (Å²) in [5.41, 5.74) is 0. The predicted molar refractivity (Wildman–Crippen MR) is 77.9 cm³/mol. The van der Waals surface area contributed by atoms with Crippen molar-refractivity contribution in [1.29, 1.82) is 0 Å². The van der Waals surface area contributed by atoms with Gasteiger partial charge in [-0.1, -0.05) is 0 Å². The van der Waals surface area contributed by atoms with Crippen molar-refractivity contribution >= 4 is 8.07 Å².